The van der Waals surface area contributed by atoms with Gasteiger partial charge in [0, 0.05) is 26.0 Å². The van der Waals surface area contributed by atoms with Crippen molar-refractivity contribution in [2.75, 3.05) is 12.5 Å². The first-order valence-electron chi connectivity index (χ1n) is 7.18. The zero-order valence-electron chi connectivity index (χ0n) is 14.6. The molecule has 11 heteroatoms. The van der Waals surface area contributed by atoms with Crippen molar-refractivity contribution in [3.05, 3.63) is 30.3 Å². The Balaban J connectivity index is 0. The van der Waals surface area contributed by atoms with Crippen LogP contribution in [-0.4, -0.2) is 65.1 Å². The van der Waals surface area contributed by atoms with Crippen LogP contribution >= 0.6 is 11.6 Å². The molecule has 0 radical (unpaired) electrons. The van der Waals surface area contributed by atoms with Crippen molar-refractivity contribution in [2.45, 2.75) is 26.9 Å². The van der Waals surface area contributed by atoms with Gasteiger partial charge in [0.2, 0.25) is 0 Å². The van der Waals surface area contributed by atoms with E-state index in [1.165, 1.54) is 6.92 Å². The fraction of sp³-hybridized carbons (Fsp3) is 0.400. The summed E-state index contributed by atoms with van der Waals surface area (Å²) in [5, 5.41) is 15.1. The van der Waals surface area contributed by atoms with Crippen molar-refractivity contribution >= 4 is 43.5 Å². The minimum absolute atomic E-state index is 0.00398. The maximum atomic E-state index is 10.7. The summed E-state index contributed by atoms with van der Waals surface area (Å²) in [5.74, 6) is -2.15. The quantitative estimate of drug-likeness (QED) is 0.292. The lowest BCUT2D eigenvalue weighted by Crippen LogP contribution is -2.54. The Bertz CT molecular complexity index is 531. The van der Waals surface area contributed by atoms with E-state index in [1.807, 2.05) is 0 Å². The number of rotatable bonds is 6. The van der Waals surface area contributed by atoms with Gasteiger partial charge in [-0.15, -0.1) is 11.6 Å². The number of halogens is 1. The van der Waals surface area contributed by atoms with Gasteiger partial charge in [-0.25, -0.2) is 0 Å². The Morgan fingerprint density at radius 1 is 1.04 bits per heavy atom. The summed E-state index contributed by atoms with van der Waals surface area (Å²) in [6.07, 6.45) is -0.752. The Labute approximate surface area is 157 Å². The molecule has 1 unspecified atom stereocenters. The average molecular weight is 411 g/mol. The molecule has 0 aliphatic heterocycles. The highest BCUT2D eigenvalue weighted by atomic mass is 35.5. The number of alkyl halides is 1. The molecule has 1 atom stereocenters. The summed E-state index contributed by atoms with van der Waals surface area (Å²) in [4.78, 5) is 48.5. The van der Waals surface area contributed by atoms with Crippen LogP contribution in [0.4, 0.5) is 0 Å². The molecule has 1 aromatic rings. The van der Waals surface area contributed by atoms with Gasteiger partial charge in [0.25, 0.3) is 11.9 Å². The molecule has 9 nitrogen and oxygen atoms in total. The fourth-order valence-electron chi connectivity index (χ4n) is 1.28. The minimum Gasteiger partial charge on any atom is -0.481 e. The third-order valence-corrected chi connectivity index (χ3v) is 4.22. The van der Waals surface area contributed by atoms with Crippen molar-refractivity contribution in [1.82, 2.24) is 0 Å². The van der Waals surface area contributed by atoms with Crippen LogP contribution in [0.2, 0.25) is 0 Å². The molecule has 0 heterocycles. The van der Waals surface area contributed by atoms with Crippen molar-refractivity contribution in [3.63, 3.8) is 0 Å². The molecule has 0 aliphatic carbocycles. The van der Waals surface area contributed by atoms with Crippen LogP contribution in [-0.2, 0) is 23.5 Å². The SMILES string of the molecule is CC(=O)O.CC(=O)O.CC(=O)OCC(CCl)O[Si](O)(O)c1ccccc1. The standard InChI is InChI=1S/C11H15ClO5Si.2C2H4O2/c1-9(13)16-8-10(7-12)17-18(14,15)11-5-3-2-4-6-11;2*1-2(3)4/h2-6,10,14-15H,7-8H2,1H3;2*1H3,(H,3,4). The van der Waals surface area contributed by atoms with E-state index in [0.717, 1.165) is 13.8 Å². The van der Waals surface area contributed by atoms with Gasteiger partial charge in [-0.1, -0.05) is 30.3 Å². The zero-order chi connectivity index (χ0) is 20.8. The predicted molar refractivity (Wildman–Crippen MR) is 95.1 cm³/mol. The Kier molecular flexibility index (Phi) is 14.3. The smallest absolute Gasteiger partial charge is 0.481 e. The monoisotopic (exact) mass is 410 g/mol. The number of benzene rings is 1. The number of carbonyl (C=O) groups is 3. The molecule has 0 amide bonds. The third kappa shape index (κ3) is 16.9. The van der Waals surface area contributed by atoms with Crippen LogP contribution < -0.4 is 5.19 Å². The van der Waals surface area contributed by atoms with E-state index in [1.54, 1.807) is 30.3 Å². The summed E-state index contributed by atoms with van der Waals surface area (Å²) in [7, 11) is -4.01. The number of carbonyl (C=O) groups excluding carboxylic acids is 1. The molecule has 1 aromatic carbocycles. The number of carboxylic acids is 2. The number of aliphatic carboxylic acids is 2. The summed E-state index contributed by atoms with van der Waals surface area (Å²) >= 11 is 5.63. The lowest BCUT2D eigenvalue weighted by Gasteiger charge is -2.23. The van der Waals surface area contributed by atoms with E-state index >= 15 is 0 Å². The highest BCUT2D eigenvalue weighted by molar-refractivity contribution is 6.72. The van der Waals surface area contributed by atoms with E-state index < -0.39 is 32.8 Å². The van der Waals surface area contributed by atoms with Crippen LogP contribution in [0.15, 0.2) is 30.3 Å². The Morgan fingerprint density at radius 2 is 1.46 bits per heavy atom. The molecule has 26 heavy (non-hydrogen) atoms. The van der Waals surface area contributed by atoms with Crippen molar-refractivity contribution < 1.29 is 43.4 Å². The van der Waals surface area contributed by atoms with Gasteiger partial charge >= 0.3 is 14.8 Å². The molecular formula is C15H23ClO9Si. The number of esters is 1. The predicted octanol–water partition coefficient (Wildman–Crippen LogP) is 0.186. The largest absolute Gasteiger partial charge is 0.532 e. The van der Waals surface area contributed by atoms with Gasteiger partial charge in [-0.05, 0) is 0 Å². The second-order valence-electron chi connectivity index (χ2n) is 4.71. The van der Waals surface area contributed by atoms with Crippen LogP contribution in [0.25, 0.3) is 0 Å². The Morgan fingerprint density at radius 3 is 1.81 bits per heavy atom. The highest BCUT2D eigenvalue weighted by Crippen LogP contribution is 2.06. The van der Waals surface area contributed by atoms with Crippen LogP contribution in [0.3, 0.4) is 0 Å². The maximum absolute atomic E-state index is 10.7. The molecular weight excluding hydrogens is 388 g/mol. The highest BCUT2D eigenvalue weighted by Gasteiger charge is 2.38. The van der Waals surface area contributed by atoms with E-state index in [2.05, 4.69) is 0 Å². The molecule has 1 rings (SSSR count). The van der Waals surface area contributed by atoms with Gasteiger partial charge in [0.1, 0.15) is 6.61 Å². The second-order valence-corrected chi connectivity index (χ2v) is 7.05. The fourth-order valence-corrected chi connectivity index (χ4v) is 2.91. The van der Waals surface area contributed by atoms with E-state index in [4.69, 9.17) is 40.6 Å². The van der Waals surface area contributed by atoms with Gasteiger partial charge in [0.15, 0.2) is 0 Å². The molecule has 0 saturated heterocycles. The van der Waals surface area contributed by atoms with E-state index in [9.17, 15) is 14.4 Å². The first-order valence-corrected chi connectivity index (χ1v) is 9.52. The Hall–Kier alpha value is -1.98. The van der Waals surface area contributed by atoms with Crippen molar-refractivity contribution in [1.29, 1.82) is 0 Å². The first-order chi connectivity index (χ1) is 11.9. The lowest BCUT2D eigenvalue weighted by atomic mass is 10.4. The molecule has 0 aliphatic rings. The minimum atomic E-state index is -4.01. The normalized spacial score (nSPS) is 11.0. The average Bonchev–Trinajstić information content (AvgIpc) is 2.51. The van der Waals surface area contributed by atoms with Crippen molar-refractivity contribution in [3.8, 4) is 0 Å². The maximum Gasteiger partial charge on any atom is 0.532 e. The summed E-state index contributed by atoms with van der Waals surface area (Å²) in [5.41, 5.74) is 0. The number of ether oxygens (including phenoxy) is 1. The van der Waals surface area contributed by atoms with Crippen LogP contribution in [0.1, 0.15) is 20.8 Å². The van der Waals surface area contributed by atoms with Gasteiger partial charge < -0.3 is 29.0 Å². The summed E-state index contributed by atoms with van der Waals surface area (Å²) in [6, 6.07) is 8.22. The van der Waals surface area contributed by atoms with Crippen LogP contribution in [0, 0.1) is 0 Å². The molecule has 0 aromatic heterocycles. The molecule has 0 saturated carbocycles. The van der Waals surface area contributed by atoms with Crippen LogP contribution in [0.5, 0.6) is 0 Å². The zero-order valence-corrected chi connectivity index (χ0v) is 16.3. The molecule has 4 N–H and O–H groups in total. The number of hydrogen-bond donors (Lipinski definition) is 4. The van der Waals surface area contributed by atoms with E-state index in [0.29, 0.717) is 5.19 Å². The molecule has 0 bridgehead atoms. The second kappa shape index (κ2) is 14.2. The third-order valence-electron chi connectivity index (χ3n) is 2.13. The molecule has 148 valence electrons. The number of carboxylic acid groups (broad SMARTS) is 2. The summed E-state index contributed by atoms with van der Waals surface area (Å²) < 4.78 is 9.89. The molecule has 0 spiro atoms. The van der Waals surface area contributed by atoms with Gasteiger partial charge in [-0.3, -0.25) is 14.4 Å². The lowest BCUT2D eigenvalue weighted by molar-refractivity contribution is -0.143. The summed E-state index contributed by atoms with van der Waals surface area (Å²) in [6.45, 7) is 3.31. The molecule has 0 fully saturated rings. The van der Waals surface area contributed by atoms with Gasteiger partial charge in [-0.2, -0.15) is 0 Å². The van der Waals surface area contributed by atoms with E-state index in [-0.39, 0.29) is 12.5 Å². The number of hydrogen-bond acceptors (Lipinski definition) is 7. The van der Waals surface area contributed by atoms with Crippen molar-refractivity contribution in [2.24, 2.45) is 0 Å². The first kappa shape index (κ1) is 26.2. The van der Waals surface area contributed by atoms with Gasteiger partial charge in [0.05, 0.1) is 12.0 Å². The topological polar surface area (TPSA) is 151 Å².